The molecule has 1 aliphatic heterocycles. The highest BCUT2D eigenvalue weighted by Gasteiger charge is 2.23. The number of terminal acetylenes is 1. The number of nitrogen functional groups attached to an aromatic ring is 1. The summed E-state index contributed by atoms with van der Waals surface area (Å²) in [7, 11) is 0. The molecule has 0 radical (unpaired) electrons. The Hall–Kier alpha value is -1.47. The Labute approximate surface area is 102 Å². The second kappa shape index (κ2) is 5.24. The van der Waals surface area contributed by atoms with Gasteiger partial charge >= 0.3 is 0 Å². The maximum absolute atomic E-state index is 6.16. The van der Waals surface area contributed by atoms with Gasteiger partial charge in [0.1, 0.15) is 11.6 Å². The molecule has 0 aromatic carbocycles. The van der Waals surface area contributed by atoms with Crippen molar-refractivity contribution in [2.45, 2.75) is 38.6 Å². The van der Waals surface area contributed by atoms with Crippen molar-refractivity contribution < 1.29 is 4.74 Å². The second-order valence-electron chi connectivity index (χ2n) is 4.33. The van der Waals surface area contributed by atoms with Crippen molar-refractivity contribution >= 4 is 5.82 Å². The van der Waals surface area contributed by atoms with Crippen LogP contribution in [0.4, 0.5) is 5.82 Å². The van der Waals surface area contributed by atoms with Gasteiger partial charge in [0.05, 0.1) is 12.2 Å². The van der Waals surface area contributed by atoms with Gasteiger partial charge in [-0.3, -0.25) is 0 Å². The van der Waals surface area contributed by atoms with E-state index in [4.69, 9.17) is 16.9 Å². The van der Waals surface area contributed by atoms with Crippen LogP contribution in [0.2, 0.25) is 0 Å². The summed E-state index contributed by atoms with van der Waals surface area (Å²) in [4.78, 5) is 4.66. The summed E-state index contributed by atoms with van der Waals surface area (Å²) in [6.45, 7) is 4.18. The van der Waals surface area contributed by atoms with Gasteiger partial charge in [0.2, 0.25) is 0 Å². The van der Waals surface area contributed by atoms with Crippen molar-refractivity contribution in [1.29, 1.82) is 0 Å². The van der Waals surface area contributed by atoms with E-state index in [2.05, 4.69) is 17.8 Å². The highest BCUT2D eigenvalue weighted by Crippen LogP contribution is 2.31. The van der Waals surface area contributed by atoms with Gasteiger partial charge < -0.3 is 15.0 Å². The molecule has 92 valence electrons. The van der Waals surface area contributed by atoms with Crippen LogP contribution in [0.1, 0.15) is 37.2 Å². The fourth-order valence-corrected chi connectivity index (χ4v) is 2.34. The maximum atomic E-state index is 6.16. The number of ether oxygens (including phenoxy) is 1. The van der Waals surface area contributed by atoms with Crippen molar-refractivity contribution in [2.24, 2.45) is 0 Å². The highest BCUT2D eigenvalue weighted by molar-refractivity contribution is 5.41. The first kappa shape index (κ1) is 12.0. The van der Waals surface area contributed by atoms with Crippen LogP contribution in [-0.2, 0) is 17.7 Å². The summed E-state index contributed by atoms with van der Waals surface area (Å²) >= 11 is 0. The molecule has 0 spiro atoms. The van der Waals surface area contributed by atoms with E-state index in [-0.39, 0.29) is 0 Å². The van der Waals surface area contributed by atoms with Gasteiger partial charge in [-0.2, -0.15) is 0 Å². The molecule has 0 aliphatic carbocycles. The van der Waals surface area contributed by atoms with E-state index in [1.54, 1.807) is 0 Å². The Bertz CT molecular complexity index is 425. The molecule has 1 fully saturated rings. The summed E-state index contributed by atoms with van der Waals surface area (Å²) < 4.78 is 7.31. The van der Waals surface area contributed by atoms with Crippen LogP contribution in [0.15, 0.2) is 0 Å². The Kier molecular flexibility index (Phi) is 3.70. The largest absolute Gasteiger partial charge is 0.384 e. The van der Waals surface area contributed by atoms with E-state index < -0.39 is 0 Å². The molecule has 0 amide bonds. The van der Waals surface area contributed by atoms with Crippen LogP contribution in [0.3, 0.4) is 0 Å². The number of rotatable bonds is 3. The molecule has 0 unspecified atom stereocenters. The van der Waals surface area contributed by atoms with Crippen molar-refractivity contribution in [1.82, 2.24) is 9.55 Å². The molecule has 1 aromatic heterocycles. The summed E-state index contributed by atoms with van der Waals surface area (Å²) in [6, 6.07) is 0. The monoisotopic (exact) mass is 233 g/mol. The molecular weight excluding hydrogens is 214 g/mol. The third-order valence-electron chi connectivity index (χ3n) is 3.29. The van der Waals surface area contributed by atoms with Gasteiger partial charge in [-0.15, -0.1) is 6.42 Å². The zero-order chi connectivity index (χ0) is 12.3. The van der Waals surface area contributed by atoms with Crippen LogP contribution in [0, 0.1) is 12.3 Å². The van der Waals surface area contributed by atoms with E-state index in [0.717, 1.165) is 49.8 Å². The molecule has 17 heavy (non-hydrogen) atoms. The Balaban J connectivity index is 2.31. The highest BCUT2D eigenvalue weighted by atomic mass is 16.5. The lowest BCUT2D eigenvalue weighted by atomic mass is 9.96. The maximum Gasteiger partial charge on any atom is 0.127 e. The zero-order valence-corrected chi connectivity index (χ0v) is 10.3. The molecule has 0 atom stereocenters. The van der Waals surface area contributed by atoms with Crippen LogP contribution in [0.25, 0.3) is 0 Å². The number of hydrogen-bond acceptors (Lipinski definition) is 3. The van der Waals surface area contributed by atoms with Crippen molar-refractivity contribution in [2.75, 3.05) is 18.9 Å². The molecule has 4 heteroatoms. The molecule has 2 heterocycles. The van der Waals surface area contributed by atoms with Gasteiger partial charge in [-0.1, -0.05) is 12.8 Å². The molecule has 0 bridgehead atoms. The summed E-state index contributed by atoms with van der Waals surface area (Å²) in [5.74, 6) is 4.79. The molecule has 0 saturated carbocycles. The molecule has 1 aliphatic rings. The van der Waals surface area contributed by atoms with E-state index in [9.17, 15) is 0 Å². The SMILES string of the molecule is C#CCn1c(CC)nc(C2CCOCC2)c1N. The van der Waals surface area contributed by atoms with Gasteiger partial charge in [0.15, 0.2) is 0 Å². The number of anilines is 1. The Morgan fingerprint density at radius 3 is 2.82 bits per heavy atom. The number of hydrogen-bond donors (Lipinski definition) is 1. The van der Waals surface area contributed by atoms with Gasteiger partial charge in [-0.25, -0.2) is 4.98 Å². The van der Waals surface area contributed by atoms with E-state index in [1.807, 2.05) is 4.57 Å². The van der Waals surface area contributed by atoms with Gasteiger partial charge in [0.25, 0.3) is 0 Å². The number of aromatic nitrogens is 2. The minimum atomic E-state index is 0.424. The van der Waals surface area contributed by atoms with Crippen LogP contribution >= 0.6 is 0 Å². The number of imidazole rings is 1. The molecular formula is C13H19N3O. The van der Waals surface area contributed by atoms with Crippen molar-refractivity contribution in [3.63, 3.8) is 0 Å². The minimum Gasteiger partial charge on any atom is -0.384 e. The number of nitrogens with two attached hydrogens (primary N) is 1. The van der Waals surface area contributed by atoms with Gasteiger partial charge in [-0.05, 0) is 12.8 Å². The zero-order valence-electron chi connectivity index (χ0n) is 10.3. The van der Waals surface area contributed by atoms with Crippen LogP contribution < -0.4 is 5.73 Å². The lowest BCUT2D eigenvalue weighted by molar-refractivity contribution is 0.0847. The molecule has 2 N–H and O–H groups in total. The third kappa shape index (κ3) is 2.29. The molecule has 2 rings (SSSR count). The molecule has 4 nitrogen and oxygen atoms in total. The van der Waals surface area contributed by atoms with E-state index in [0.29, 0.717) is 12.5 Å². The fraction of sp³-hybridized carbons (Fsp3) is 0.615. The normalized spacial score (nSPS) is 16.9. The lowest BCUT2D eigenvalue weighted by Crippen LogP contribution is -2.16. The van der Waals surface area contributed by atoms with E-state index in [1.165, 1.54) is 0 Å². The summed E-state index contributed by atoms with van der Waals surface area (Å²) in [6.07, 6.45) is 8.22. The average molecular weight is 233 g/mol. The smallest absolute Gasteiger partial charge is 0.127 e. The lowest BCUT2D eigenvalue weighted by Gasteiger charge is -2.20. The quantitative estimate of drug-likeness (QED) is 0.806. The summed E-state index contributed by atoms with van der Waals surface area (Å²) in [5.41, 5.74) is 7.17. The topological polar surface area (TPSA) is 53.1 Å². The molecule has 1 aromatic rings. The standard InChI is InChI=1S/C13H19N3O/c1-3-7-16-11(4-2)15-12(13(16)14)10-5-8-17-9-6-10/h1,10H,4-9,14H2,2H3. The first-order valence-corrected chi connectivity index (χ1v) is 6.13. The van der Waals surface area contributed by atoms with Crippen molar-refractivity contribution in [3.8, 4) is 12.3 Å². The number of nitrogens with zero attached hydrogens (tertiary/aromatic N) is 2. The first-order chi connectivity index (χ1) is 8.27. The predicted octanol–water partition coefficient (Wildman–Crippen LogP) is 1.55. The van der Waals surface area contributed by atoms with E-state index >= 15 is 0 Å². The van der Waals surface area contributed by atoms with Crippen molar-refractivity contribution in [3.05, 3.63) is 11.5 Å². The number of aryl methyl sites for hydroxylation is 1. The first-order valence-electron chi connectivity index (χ1n) is 6.13. The predicted molar refractivity (Wildman–Crippen MR) is 67.6 cm³/mol. The van der Waals surface area contributed by atoms with Gasteiger partial charge in [0, 0.05) is 25.6 Å². The Morgan fingerprint density at radius 1 is 1.53 bits per heavy atom. The Morgan fingerprint density at radius 2 is 2.24 bits per heavy atom. The third-order valence-corrected chi connectivity index (χ3v) is 3.29. The van der Waals surface area contributed by atoms with Crippen LogP contribution in [-0.4, -0.2) is 22.8 Å². The fourth-order valence-electron chi connectivity index (χ4n) is 2.34. The summed E-state index contributed by atoms with van der Waals surface area (Å²) in [5, 5.41) is 0. The molecule has 1 saturated heterocycles. The second-order valence-corrected chi connectivity index (χ2v) is 4.33. The van der Waals surface area contributed by atoms with Crippen LogP contribution in [0.5, 0.6) is 0 Å². The minimum absolute atomic E-state index is 0.424. The average Bonchev–Trinajstić information content (AvgIpc) is 2.69.